The molecule has 0 N–H and O–H groups in total. The van der Waals surface area contributed by atoms with Crippen LogP contribution in [0.3, 0.4) is 0 Å². The topological polar surface area (TPSA) is 25.8 Å². The second-order valence-corrected chi connectivity index (χ2v) is 15.1. The molecular weight excluding hydrogens is 725 g/mol. The summed E-state index contributed by atoms with van der Waals surface area (Å²) in [6.45, 7) is 0. The van der Waals surface area contributed by atoms with Crippen LogP contribution in [0.5, 0.6) is 0 Å². The van der Waals surface area contributed by atoms with Gasteiger partial charge in [-0.2, -0.15) is 0 Å². The molecule has 0 aliphatic heterocycles. The van der Waals surface area contributed by atoms with Crippen LogP contribution < -0.4 is 0 Å². The maximum absolute atomic E-state index is 4.73. The zero-order valence-electron chi connectivity index (χ0n) is 33.0. The highest BCUT2D eigenvalue weighted by Crippen LogP contribution is 2.38. The molecule has 0 amide bonds. The number of aromatic nitrogens is 2. The van der Waals surface area contributed by atoms with Crippen molar-refractivity contribution in [3.8, 4) is 100 Å². The highest BCUT2D eigenvalue weighted by atomic mass is 14.7. The SMILES string of the molecule is c1ccc(-c2ccc(-c3cccc(-c4cccc(-c5cccc(-c6cc(-c7ccccc7)cc(-c7cc(-c8cccnc8)cc(-c8ccccn8)c7)c6)c5)c4)c3)cc2)cc1. The molecule has 0 saturated carbocycles. The van der Waals surface area contributed by atoms with E-state index in [0.717, 1.165) is 50.2 Å². The molecule has 0 fully saturated rings. The Morgan fingerprint density at radius 3 is 1.02 bits per heavy atom. The first-order chi connectivity index (χ1) is 29.7. The predicted octanol–water partition coefficient (Wildman–Crippen LogP) is 15.5. The van der Waals surface area contributed by atoms with Crippen LogP contribution in [0.1, 0.15) is 0 Å². The number of nitrogens with zero attached hydrogens (tertiary/aromatic N) is 2. The van der Waals surface area contributed by atoms with Gasteiger partial charge in [-0.05, 0) is 156 Å². The molecule has 10 aromatic rings. The van der Waals surface area contributed by atoms with Crippen molar-refractivity contribution in [2.45, 2.75) is 0 Å². The van der Waals surface area contributed by atoms with E-state index in [-0.39, 0.29) is 0 Å². The molecule has 0 radical (unpaired) electrons. The minimum Gasteiger partial charge on any atom is -0.264 e. The number of benzene rings is 8. The Hall–Kier alpha value is -7.94. The zero-order valence-corrected chi connectivity index (χ0v) is 33.0. The van der Waals surface area contributed by atoms with Gasteiger partial charge in [-0.25, -0.2) is 0 Å². The molecule has 0 aliphatic carbocycles. The molecule has 0 aliphatic rings. The maximum atomic E-state index is 4.73. The number of rotatable bonds is 9. The second-order valence-electron chi connectivity index (χ2n) is 15.1. The van der Waals surface area contributed by atoms with Gasteiger partial charge in [-0.15, -0.1) is 0 Å². The van der Waals surface area contributed by atoms with E-state index in [1.165, 1.54) is 50.1 Å². The number of pyridine rings is 2. The van der Waals surface area contributed by atoms with Gasteiger partial charge in [-0.1, -0.05) is 152 Å². The molecule has 2 nitrogen and oxygen atoms in total. The Balaban J connectivity index is 1.02. The van der Waals surface area contributed by atoms with Gasteiger partial charge in [0.15, 0.2) is 0 Å². The van der Waals surface area contributed by atoms with Crippen molar-refractivity contribution < 1.29 is 0 Å². The van der Waals surface area contributed by atoms with Gasteiger partial charge in [-0.3, -0.25) is 9.97 Å². The van der Waals surface area contributed by atoms with Crippen molar-refractivity contribution in [2.24, 2.45) is 0 Å². The van der Waals surface area contributed by atoms with Crippen molar-refractivity contribution in [3.05, 3.63) is 243 Å². The predicted molar refractivity (Wildman–Crippen MR) is 251 cm³/mol. The van der Waals surface area contributed by atoms with Crippen molar-refractivity contribution in [3.63, 3.8) is 0 Å². The van der Waals surface area contributed by atoms with E-state index < -0.39 is 0 Å². The Morgan fingerprint density at radius 2 is 0.533 bits per heavy atom. The lowest BCUT2D eigenvalue weighted by molar-refractivity contribution is 1.32. The van der Waals surface area contributed by atoms with Gasteiger partial charge in [0.05, 0.1) is 5.69 Å². The molecule has 282 valence electrons. The fourth-order valence-electron chi connectivity index (χ4n) is 8.05. The lowest BCUT2D eigenvalue weighted by Gasteiger charge is -2.15. The van der Waals surface area contributed by atoms with Gasteiger partial charge in [0.1, 0.15) is 0 Å². The Kier molecular flexibility index (Phi) is 10.0. The van der Waals surface area contributed by atoms with E-state index in [9.17, 15) is 0 Å². The van der Waals surface area contributed by atoms with Gasteiger partial charge in [0, 0.05) is 29.7 Å². The van der Waals surface area contributed by atoms with Crippen LogP contribution in [0.2, 0.25) is 0 Å². The van der Waals surface area contributed by atoms with Crippen LogP contribution in [0, 0.1) is 0 Å². The van der Waals surface area contributed by atoms with Crippen molar-refractivity contribution in [1.29, 1.82) is 0 Å². The van der Waals surface area contributed by atoms with E-state index in [0.29, 0.717) is 0 Å². The Labute approximate surface area is 351 Å². The first-order valence-corrected chi connectivity index (χ1v) is 20.4. The molecule has 0 bridgehead atoms. The lowest BCUT2D eigenvalue weighted by Crippen LogP contribution is -1.90. The molecule has 2 heterocycles. The summed E-state index contributed by atoms with van der Waals surface area (Å²) in [6, 6.07) is 80.6. The van der Waals surface area contributed by atoms with Crippen LogP contribution in [0.15, 0.2) is 243 Å². The molecule has 10 rings (SSSR count). The molecule has 0 atom stereocenters. The zero-order chi connectivity index (χ0) is 40.1. The van der Waals surface area contributed by atoms with E-state index in [2.05, 4.69) is 211 Å². The first kappa shape index (κ1) is 36.4. The summed E-state index contributed by atoms with van der Waals surface area (Å²) >= 11 is 0. The average Bonchev–Trinajstić information content (AvgIpc) is 3.35. The fourth-order valence-corrected chi connectivity index (χ4v) is 8.05. The van der Waals surface area contributed by atoms with Gasteiger partial charge >= 0.3 is 0 Å². The standard InChI is InChI=1S/C58H40N2/c1-3-13-41(14-4-1)43-25-27-44(28-26-43)45-17-9-18-46(31-45)47-19-10-20-48(32-47)49-21-11-22-50(33-49)53-34-52(42-15-5-2-6-16-42)35-55(36-53)56-37-54(51-23-12-29-59-40-51)38-57(39-56)58-24-7-8-30-60-58/h1-40H. The normalized spacial score (nSPS) is 11.0. The Bertz CT molecular complexity index is 2990. The van der Waals surface area contributed by atoms with Gasteiger partial charge in [0.25, 0.3) is 0 Å². The van der Waals surface area contributed by atoms with Crippen molar-refractivity contribution in [2.75, 3.05) is 0 Å². The summed E-state index contributed by atoms with van der Waals surface area (Å²) in [6.07, 6.45) is 5.60. The minimum absolute atomic E-state index is 0.933. The third-order valence-corrected chi connectivity index (χ3v) is 11.2. The summed E-state index contributed by atoms with van der Waals surface area (Å²) < 4.78 is 0. The van der Waals surface area contributed by atoms with Crippen molar-refractivity contribution >= 4 is 0 Å². The van der Waals surface area contributed by atoms with E-state index in [1.807, 2.05) is 36.8 Å². The lowest BCUT2D eigenvalue weighted by atomic mass is 9.90. The fraction of sp³-hybridized carbons (Fsp3) is 0. The highest BCUT2D eigenvalue weighted by Gasteiger charge is 2.13. The van der Waals surface area contributed by atoms with Crippen LogP contribution in [0.4, 0.5) is 0 Å². The summed E-state index contributed by atoms with van der Waals surface area (Å²) in [5, 5.41) is 0. The number of hydrogen-bond donors (Lipinski definition) is 0. The Morgan fingerprint density at radius 1 is 0.200 bits per heavy atom. The van der Waals surface area contributed by atoms with Crippen LogP contribution >= 0.6 is 0 Å². The van der Waals surface area contributed by atoms with Crippen LogP contribution in [-0.2, 0) is 0 Å². The maximum Gasteiger partial charge on any atom is 0.0702 e. The molecule has 0 unspecified atom stereocenters. The van der Waals surface area contributed by atoms with Crippen molar-refractivity contribution in [1.82, 2.24) is 9.97 Å². The molecule has 0 saturated heterocycles. The van der Waals surface area contributed by atoms with Crippen LogP contribution in [-0.4, -0.2) is 9.97 Å². The third-order valence-electron chi connectivity index (χ3n) is 11.2. The van der Waals surface area contributed by atoms with E-state index in [4.69, 9.17) is 4.98 Å². The summed E-state index contributed by atoms with van der Waals surface area (Å²) in [5.74, 6) is 0. The minimum atomic E-state index is 0.933. The molecule has 0 spiro atoms. The van der Waals surface area contributed by atoms with Crippen LogP contribution in [0.25, 0.3) is 100 Å². The summed E-state index contributed by atoms with van der Waals surface area (Å²) in [5.41, 5.74) is 20.6. The largest absolute Gasteiger partial charge is 0.264 e. The molecule has 2 heteroatoms. The van der Waals surface area contributed by atoms with Gasteiger partial charge in [0.2, 0.25) is 0 Å². The average molecular weight is 765 g/mol. The molecule has 2 aromatic heterocycles. The third kappa shape index (κ3) is 7.83. The summed E-state index contributed by atoms with van der Waals surface area (Å²) in [4.78, 5) is 9.17. The summed E-state index contributed by atoms with van der Waals surface area (Å²) in [7, 11) is 0. The first-order valence-electron chi connectivity index (χ1n) is 20.4. The monoisotopic (exact) mass is 764 g/mol. The molecule has 60 heavy (non-hydrogen) atoms. The number of hydrogen-bond acceptors (Lipinski definition) is 2. The second kappa shape index (κ2) is 16.5. The molecule has 8 aromatic carbocycles. The van der Waals surface area contributed by atoms with E-state index >= 15 is 0 Å². The van der Waals surface area contributed by atoms with Gasteiger partial charge < -0.3 is 0 Å². The highest BCUT2D eigenvalue weighted by molar-refractivity contribution is 5.87. The smallest absolute Gasteiger partial charge is 0.0702 e. The van der Waals surface area contributed by atoms with E-state index in [1.54, 1.807) is 0 Å². The molecular formula is C58H40N2. The quantitative estimate of drug-likeness (QED) is 0.146.